The molecule has 0 saturated carbocycles. The number of anilines is 1. The first-order valence-electron chi connectivity index (χ1n) is 6.10. The van der Waals surface area contributed by atoms with Gasteiger partial charge in [-0.05, 0) is 13.8 Å². The van der Waals surface area contributed by atoms with Crippen molar-refractivity contribution in [1.82, 2.24) is 9.97 Å². The zero-order valence-corrected chi connectivity index (χ0v) is 11.3. The molecule has 1 fully saturated rings. The molecule has 0 spiro atoms. The van der Waals surface area contributed by atoms with Crippen LogP contribution in [0.15, 0.2) is 6.07 Å². The summed E-state index contributed by atoms with van der Waals surface area (Å²) in [6, 6.07) is 1.54. The van der Waals surface area contributed by atoms with Crippen LogP contribution < -0.4 is 15.4 Å². The van der Waals surface area contributed by atoms with Crippen molar-refractivity contribution in [3.8, 4) is 6.01 Å². The van der Waals surface area contributed by atoms with Gasteiger partial charge in [-0.25, -0.2) is 4.98 Å². The molecule has 2 heterocycles. The monoisotopic (exact) mass is 266 g/mol. The van der Waals surface area contributed by atoms with Crippen LogP contribution in [0.25, 0.3) is 0 Å². The highest BCUT2D eigenvalue weighted by Crippen LogP contribution is 2.23. The summed E-state index contributed by atoms with van der Waals surface area (Å²) in [6.07, 6.45) is -0.271. The maximum atomic E-state index is 11.6. The lowest BCUT2D eigenvalue weighted by Gasteiger charge is -2.38. The topological polar surface area (TPSA) is 90.6 Å². The van der Waals surface area contributed by atoms with E-state index in [-0.39, 0.29) is 12.1 Å². The van der Waals surface area contributed by atoms with Crippen LogP contribution >= 0.6 is 0 Å². The summed E-state index contributed by atoms with van der Waals surface area (Å²) in [6.45, 7) is 4.75. The summed E-state index contributed by atoms with van der Waals surface area (Å²) in [5, 5.41) is 0. The van der Waals surface area contributed by atoms with Gasteiger partial charge in [0.15, 0.2) is 0 Å². The molecule has 0 unspecified atom stereocenters. The summed E-state index contributed by atoms with van der Waals surface area (Å²) in [5.41, 5.74) is 6.23. The van der Waals surface area contributed by atoms with E-state index >= 15 is 0 Å². The van der Waals surface area contributed by atoms with Crippen molar-refractivity contribution in [2.45, 2.75) is 26.0 Å². The summed E-state index contributed by atoms with van der Waals surface area (Å²) >= 11 is 0. The number of aromatic nitrogens is 2. The molecule has 2 rings (SSSR count). The van der Waals surface area contributed by atoms with E-state index < -0.39 is 11.9 Å². The molecule has 0 aliphatic carbocycles. The Hall–Kier alpha value is -1.89. The fourth-order valence-corrected chi connectivity index (χ4v) is 2.23. The number of nitrogens with zero attached hydrogens (tertiary/aromatic N) is 3. The minimum Gasteiger partial charge on any atom is -0.467 e. The molecule has 104 valence electrons. The molecule has 1 aromatic heterocycles. The summed E-state index contributed by atoms with van der Waals surface area (Å²) < 4.78 is 10.5. The van der Waals surface area contributed by atoms with Gasteiger partial charge in [0.2, 0.25) is 5.91 Å². The molecular weight excluding hydrogens is 248 g/mol. The summed E-state index contributed by atoms with van der Waals surface area (Å²) in [7, 11) is 1.51. The lowest BCUT2D eigenvalue weighted by molar-refractivity contribution is -0.124. The normalized spacial score (nSPS) is 23.2. The van der Waals surface area contributed by atoms with E-state index in [4.69, 9.17) is 15.2 Å². The van der Waals surface area contributed by atoms with E-state index in [1.165, 1.54) is 7.11 Å². The van der Waals surface area contributed by atoms with E-state index in [0.717, 1.165) is 5.69 Å². The molecule has 1 amide bonds. The number of hydrogen-bond acceptors (Lipinski definition) is 6. The first-order chi connectivity index (χ1) is 9.02. The number of amides is 1. The molecule has 0 radical (unpaired) electrons. The quantitative estimate of drug-likeness (QED) is 0.819. The first kappa shape index (κ1) is 13.5. The second kappa shape index (κ2) is 5.40. The van der Waals surface area contributed by atoms with Crippen molar-refractivity contribution in [3.63, 3.8) is 0 Å². The van der Waals surface area contributed by atoms with Crippen molar-refractivity contribution < 1.29 is 14.3 Å². The van der Waals surface area contributed by atoms with Crippen molar-refractivity contribution >= 4 is 11.7 Å². The number of hydrogen-bond donors (Lipinski definition) is 1. The number of aryl methyl sites for hydroxylation is 1. The predicted molar refractivity (Wildman–Crippen MR) is 69.1 cm³/mol. The summed E-state index contributed by atoms with van der Waals surface area (Å²) in [5.74, 6) is 0.200. The highest BCUT2D eigenvalue weighted by Gasteiger charge is 2.34. The molecular formula is C12H18N4O3. The fourth-order valence-electron chi connectivity index (χ4n) is 2.23. The molecule has 2 atom stereocenters. The molecule has 0 bridgehead atoms. The van der Waals surface area contributed by atoms with Crippen LogP contribution in [0.2, 0.25) is 0 Å². The Kier molecular flexibility index (Phi) is 3.84. The van der Waals surface area contributed by atoms with Gasteiger partial charge in [-0.1, -0.05) is 0 Å². The zero-order chi connectivity index (χ0) is 14.0. The Bertz CT molecular complexity index is 480. The molecule has 19 heavy (non-hydrogen) atoms. The van der Waals surface area contributed by atoms with Gasteiger partial charge in [-0.15, -0.1) is 0 Å². The van der Waals surface area contributed by atoms with Crippen molar-refractivity contribution in [1.29, 1.82) is 0 Å². The van der Waals surface area contributed by atoms with E-state index in [1.54, 1.807) is 6.07 Å². The van der Waals surface area contributed by atoms with Crippen LogP contribution in [0.3, 0.4) is 0 Å². The number of carbonyl (C=O) groups is 1. The van der Waals surface area contributed by atoms with Crippen LogP contribution in [0.1, 0.15) is 12.6 Å². The fraction of sp³-hybridized carbons (Fsp3) is 0.583. The zero-order valence-electron chi connectivity index (χ0n) is 11.3. The van der Waals surface area contributed by atoms with E-state index in [9.17, 15) is 4.79 Å². The third-order valence-corrected chi connectivity index (χ3v) is 3.08. The third kappa shape index (κ3) is 2.76. The Morgan fingerprint density at radius 3 is 2.95 bits per heavy atom. The molecule has 7 nitrogen and oxygen atoms in total. The Labute approximate surface area is 111 Å². The lowest BCUT2D eigenvalue weighted by atomic mass is 10.1. The second-order valence-corrected chi connectivity index (χ2v) is 4.47. The molecule has 2 N–H and O–H groups in total. The maximum absolute atomic E-state index is 11.6. The van der Waals surface area contributed by atoms with Crippen molar-refractivity contribution in [2.24, 2.45) is 5.73 Å². The van der Waals surface area contributed by atoms with Gasteiger partial charge in [-0.2, -0.15) is 4.98 Å². The molecule has 7 heteroatoms. The molecule has 1 aliphatic heterocycles. The van der Waals surface area contributed by atoms with Gasteiger partial charge in [0.25, 0.3) is 0 Å². The average molecular weight is 266 g/mol. The predicted octanol–water partition coefficient (Wildman–Crippen LogP) is -0.127. The maximum Gasteiger partial charge on any atom is 0.318 e. The van der Waals surface area contributed by atoms with E-state index in [0.29, 0.717) is 19.0 Å². The number of nitrogens with two attached hydrogens (primary N) is 1. The van der Waals surface area contributed by atoms with Crippen LogP contribution in [-0.2, 0) is 9.53 Å². The van der Waals surface area contributed by atoms with E-state index in [2.05, 4.69) is 9.97 Å². The van der Waals surface area contributed by atoms with Crippen molar-refractivity contribution in [2.75, 3.05) is 25.2 Å². The Morgan fingerprint density at radius 1 is 1.58 bits per heavy atom. The number of ether oxygens (including phenoxy) is 2. The summed E-state index contributed by atoms with van der Waals surface area (Å²) in [4.78, 5) is 21.9. The third-order valence-electron chi connectivity index (χ3n) is 3.08. The van der Waals surface area contributed by atoms with Gasteiger partial charge in [-0.3, -0.25) is 4.79 Å². The van der Waals surface area contributed by atoms with Crippen LogP contribution in [0, 0.1) is 6.92 Å². The minimum atomic E-state index is -0.534. The highest BCUT2D eigenvalue weighted by molar-refractivity contribution is 5.84. The van der Waals surface area contributed by atoms with Crippen molar-refractivity contribution in [3.05, 3.63) is 11.8 Å². The molecule has 1 saturated heterocycles. The van der Waals surface area contributed by atoms with Gasteiger partial charge in [0.05, 0.1) is 19.8 Å². The SMILES string of the molecule is COc1nc(C)cc(N2CCO[C@H](C)[C@H]2C(N)=O)n1. The second-order valence-electron chi connectivity index (χ2n) is 4.47. The number of primary amides is 1. The van der Waals surface area contributed by atoms with Gasteiger partial charge >= 0.3 is 6.01 Å². The Morgan fingerprint density at radius 2 is 2.32 bits per heavy atom. The largest absolute Gasteiger partial charge is 0.467 e. The average Bonchev–Trinajstić information content (AvgIpc) is 2.37. The first-order valence-corrected chi connectivity index (χ1v) is 6.10. The lowest BCUT2D eigenvalue weighted by Crippen LogP contribution is -2.57. The highest BCUT2D eigenvalue weighted by atomic mass is 16.5. The van der Waals surface area contributed by atoms with Gasteiger partial charge in [0.1, 0.15) is 11.9 Å². The molecule has 1 aliphatic rings. The van der Waals surface area contributed by atoms with E-state index in [1.807, 2.05) is 18.7 Å². The van der Waals surface area contributed by atoms with Gasteiger partial charge < -0.3 is 20.1 Å². The smallest absolute Gasteiger partial charge is 0.318 e. The number of methoxy groups -OCH3 is 1. The number of carbonyl (C=O) groups excluding carboxylic acids is 1. The molecule has 1 aromatic rings. The van der Waals surface area contributed by atoms with Crippen LogP contribution in [-0.4, -0.2) is 48.3 Å². The number of rotatable bonds is 3. The standard InChI is InChI=1S/C12H18N4O3/c1-7-6-9(15-12(14-7)18-3)16-4-5-19-8(2)10(16)11(13)17/h6,8,10H,4-5H2,1-3H3,(H2,13,17)/t8-,10+/m1/s1. The molecule has 0 aromatic carbocycles. The van der Waals surface area contributed by atoms with Crippen LogP contribution in [0.4, 0.5) is 5.82 Å². The minimum absolute atomic E-state index is 0.271. The number of morpholine rings is 1. The van der Waals surface area contributed by atoms with Gasteiger partial charge in [0, 0.05) is 18.3 Å². The van der Waals surface area contributed by atoms with Crippen LogP contribution in [0.5, 0.6) is 6.01 Å². The Balaban J connectivity index is 2.37.